The molecule has 0 aliphatic rings. The molecular formula is C12H27ClGe. The Kier molecular flexibility index (Phi) is 9.63. The van der Waals surface area contributed by atoms with Crippen molar-refractivity contribution >= 4 is 24.9 Å². The van der Waals surface area contributed by atoms with Gasteiger partial charge in [0.1, 0.15) is 0 Å². The maximum atomic E-state index is 5.84. The second-order valence-corrected chi connectivity index (χ2v) is 15.4. The third-order valence-electron chi connectivity index (χ3n) is 3.18. The molecule has 0 fully saturated rings. The Hall–Kier alpha value is 0.833. The second-order valence-electron chi connectivity index (χ2n) is 4.54. The minimum atomic E-state index is -1.43. The molecule has 0 bridgehead atoms. The molecule has 86 valence electrons. The maximum absolute atomic E-state index is 5.84. The van der Waals surface area contributed by atoms with Crippen LogP contribution in [0.3, 0.4) is 0 Å². The number of rotatable bonds is 9. The van der Waals surface area contributed by atoms with Crippen LogP contribution in [0.1, 0.15) is 46.5 Å². The fraction of sp³-hybridized carbons (Fsp3) is 1.00. The first-order valence-corrected chi connectivity index (χ1v) is 12.8. The van der Waals surface area contributed by atoms with Gasteiger partial charge in [-0.05, 0) is 0 Å². The summed E-state index contributed by atoms with van der Waals surface area (Å²) in [5.41, 5.74) is 0. The van der Waals surface area contributed by atoms with Crippen LogP contribution in [0.4, 0.5) is 0 Å². The first kappa shape index (κ1) is 14.8. The van der Waals surface area contributed by atoms with E-state index >= 15 is 0 Å². The van der Waals surface area contributed by atoms with Crippen molar-refractivity contribution in [3.05, 3.63) is 0 Å². The SMILES string of the molecule is CC[CH2][Ge]([CH2]CC)([CH2]CC)[CH2]CCCl. The van der Waals surface area contributed by atoms with E-state index in [2.05, 4.69) is 20.8 Å². The fourth-order valence-electron chi connectivity index (χ4n) is 2.78. The Morgan fingerprint density at radius 2 is 1.21 bits per heavy atom. The Bertz CT molecular complexity index is 108. The molecule has 0 saturated carbocycles. The van der Waals surface area contributed by atoms with Crippen LogP contribution in [-0.4, -0.2) is 19.1 Å². The zero-order chi connectivity index (χ0) is 10.9. The summed E-state index contributed by atoms with van der Waals surface area (Å²) in [4.78, 5) is 0. The molecule has 0 radical (unpaired) electrons. The minimum absolute atomic E-state index is 0.879. The van der Waals surface area contributed by atoms with Gasteiger partial charge >= 0.3 is 98.2 Å². The summed E-state index contributed by atoms with van der Waals surface area (Å²) in [6.07, 6.45) is 5.49. The molecule has 2 heteroatoms. The van der Waals surface area contributed by atoms with Gasteiger partial charge in [0.15, 0.2) is 0 Å². The first-order chi connectivity index (χ1) is 6.74. The van der Waals surface area contributed by atoms with E-state index in [1.165, 1.54) is 30.9 Å². The normalized spacial score (nSPS) is 12.0. The number of hydrogen-bond acceptors (Lipinski definition) is 0. The topological polar surface area (TPSA) is 0 Å². The van der Waals surface area contributed by atoms with Crippen molar-refractivity contribution in [2.45, 2.75) is 67.5 Å². The molecule has 0 aromatic rings. The van der Waals surface area contributed by atoms with E-state index in [9.17, 15) is 0 Å². The van der Waals surface area contributed by atoms with Crippen molar-refractivity contribution < 1.29 is 0 Å². The predicted octanol–water partition coefficient (Wildman–Crippen LogP) is 5.29. The van der Waals surface area contributed by atoms with Gasteiger partial charge in [-0.1, -0.05) is 0 Å². The van der Waals surface area contributed by atoms with Crippen molar-refractivity contribution in [3.8, 4) is 0 Å². The average molecular weight is 279 g/mol. The molecule has 0 unspecified atom stereocenters. The molecule has 0 aliphatic heterocycles. The van der Waals surface area contributed by atoms with E-state index in [0.717, 1.165) is 5.88 Å². The Morgan fingerprint density at radius 1 is 0.786 bits per heavy atom. The summed E-state index contributed by atoms with van der Waals surface area (Å²) in [5, 5.41) is 6.27. The summed E-state index contributed by atoms with van der Waals surface area (Å²) in [6.45, 7) is 7.06. The quantitative estimate of drug-likeness (QED) is 0.397. The molecule has 0 rings (SSSR count). The van der Waals surface area contributed by atoms with Gasteiger partial charge in [0.2, 0.25) is 0 Å². The Labute approximate surface area is 98.2 Å². The monoisotopic (exact) mass is 280 g/mol. The van der Waals surface area contributed by atoms with Crippen molar-refractivity contribution in [3.63, 3.8) is 0 Å². The summed E-state index contributed by atoms with van der Waals surface area (Å²) in [7, 11) is 0. The van der Waals surface area contributed by atoms with Gasteiger partial charge in [0, 0.05) is 0 Å². The molecule has 0 amide bonds. The summed E-state index contributed by atoms with van der Waals surface area (Å²) in [5.74, 6) is 0.879. The molecule has 0 saturated heterocycles. The van der Waals surface area contributed by atoms with Gasteiger partial charge in [-0.2, -0.15) is 0 Å². The van der Waals surface area contributed by atoms with Crippen LogP contribution >= 0.6 is 11.6 Å². The van der Waals surface area contributed by atoms with Crippen molar-refractivity contribution in [2.75, 3.05) is 5.88 Å². The molecule has 0 N–H and O–H groups in total. The van der Waals surface area contributed by atoms with Gasteiger partial charge in [0.25, 0.3) is 0 Å². The molecule has 0 aromatic heterocycles. The van der Waals surface area contributed by atoms with Crippen LogP contribution in [0.25, 0.3) is 0 Å². The van der Waals surface area contributed by atoms with Gasteiger partial charge < -0.3 is 0 Å². The molecule has 0 spiro atoms. The molecule has 0 aliphatic carbocycles. The van der Waals surface area contributed by atoms with Crippen LogP contribution in [0.5, 0.6) is 0 Å². The van der Waals surface area contributed by atoms with E-state index in [1.807, 2.05) is 0 Å². The summed E-state index contributed by atoms with van der Waals surface area (Å²) >= 11 is 4.41. The predicted molar refractivity (Wildman–Crippen MR) is 71.2 cm³/mol. The summed E-state index contributed by atoms with van der Waals surface area (Å²) in [6, 6.07) is 0. The average Bonchev–Trinajstić information content (AvgIpc) is 2.16. The fourth-order valence-corrected chi connectivity index (χ4v) is 15.2. The van der Waals surface area contributed by atoms with Crippen LogP contribution in [0, 0.1) is 0 Å². The van der Waals surface area contributed by atoms with Gasteiger partial charge in [0.05, 0.1) is 0 Å². The van der Waals surface area contributed by atoms with E-state index in [1.54, 1.807) is 15.8 Å². The van der Waals surface area contributed by atoms with E-state index in [0.29, 0.717) is 0 Å². The molecule has 0 aromatic carbocycles. The second kappa shape index (κ2) is 9.09. The van der Waals surface area contributed by atoms with Crippen LogP contribution in [0.15, 0.2) is 0 Å². The van der Waals surface area contributed by atoms with E-state index in [4.69, 9.17) is 11.6 Å². The van der Waals surface area contributed by atoms with E-state index in [-0.39, 0.29) is 0 Å². The number of hydrogen-bond donors (Lipinski definition) is 0. The third-order valence-corrected chi connectivity index (χ3v) is 16.2. The van der Waals surface area contributed by atoms with Crippen LogP contribution in [-0.2, 0) is 0 Å². The molecule has 0 atom stereocenters. The van der Waals surface area contributed by atoms with Crippen molar-refractivity contribution in [1.82, 2.24) is 0 Å². The zero-order valence-corrected chi connectivity index (χ0v) is 13.1. The standard InChI is InChI=1S/C12H27ClGe/c1-4-9-14(10-5-2,11-6-3)12-7-8-13/h4-12H2,1-3H3. The summed E-state index contributed by atoms with van der Waals surface area (Å²) < 4.78 is 0. The van der Waals surface area contributed by atoms with Crippen LogP contribution in [0.2, 0.25) is 21.0 Å². The van der Waals surface area contributed by atoms with E-state index < -0.39 is 13.3 Å². The third kappa shape index (κ3) is 5.65. The van der Waals surface area contributed by atoms with Crippen LogP contribution < -0.4 is 0 Å². The number of alkyl halides is 1. The number of halogens is 1. The zero-order valence-electron chi connectivity index (χ0n) is 10.2. The Morgan fingerprint density at radius 3 is 1.50 bits per heavy atom. The van der Waals surface area contributed by atoms with Crippen molar-refractivity contribution in [2.24, 2.45) is 0 Å². The van der Waals surface area contributed by atoms with Gasteiger partial charge in [-0.25, -0.2) is 0 Å². The first-order valence-electron chi connectivity index (χ1n) is 6.30. The molecular weight excluding hydrogens is 252 g/mol. The molecule has 14 heavy (non-hydrogen) atoms. The van der Waals surface area contributed by atoms with Gasteiger partial charge in [-0.15, -0.1) is 0 Å². The van der Waals surface area contributed by atoms with Crippen molar-refractivity contribution in [1.29, 1.82) is 0 Å². The molecule has 0 nitrogen and oxygen atoms in total. The Balaban J connectivity index is 4.21. The van der Waals surface area contributed by atoms with Gasteiger partial charge in [-0.3, -0.25) is 0 Å². The molecule has 0 heterocycles.